The molecular formula is C27H19BrCl2N2O6. The van der Waals surface area contributed by atoms with Crippen molar-refractivity contribution in [2.75, 3.05) is 11.5 Å². The van der Waals surface area contributed by atoms with Crippen LogP contribution in [0.1, 0.15) is 28.4 Å². The number of carbonyl (C=O) groups is 4. The van der Waals surface area contributed by atoms with E-state index in [0.717, 1.165) is 10.5 Å². The highest BCUT2D eigenvalue weighted by Gasteiger charge is 2.36. The fourth-order valence-electron chi connectivity index (χ4n) is 3.53. The molecule has 1 heterocycles. The number of nitrogens with one attached hydrogen (secondary N) is 1. The number of anilines is 1. The fourth-order valence-corrected chi connectivity index (χ4v) is 4.37. The number of imide groups is 2. The van der Waals surface area contributed by atoms with Crippen molar-refractivity contribution < 1.29 is 28.7 Å². The summed E-state index contributed by atoms with van der Waals surface area (Å²) in [5.41, 5.74) is 1.55. The molecule has 4 rings (SSSR count). The summed E-state index contributed by atoms with van der Waals surface area (Å²) in [6.07, 6.45) is 1.37. The maximum atomic E-state index is 13.2. The number of amides is 4. The van der Waals surface area contributed by atoms with E-state index in [1.165, 1.54) is 30.3 Å². The molecule has 38 heavy (non-hydrogen) atoms. The Hall–Kier alpha value is -3.66. The topological polar surface area (TPSA) is 102 Å². The number of carbonyl (C=O) groups excluding carboxylic acids is 4. The van der Waals surface area contributed by atoms with Crippen LogP contribution < -0.4 is 15.0 Å². The van der Waals surface area contributed by atoms with E-state index >= 15 is 0 Å². The fraction of sp³-hybridized carbons (Fsp3) is 0.111. The lowest BCUT2D eigenvalue weighted by Gasteiger charge is -2.26. The Labute approximate surface area is 236 Å². The molecule has 0 radical (unpaired) electrons. The van der Waals surface area contributed by atoms with E-state index in [-0.39, 0.29) is 30.0 Å². The molecular weight excluding hydrogens is 599 g/mol. The summed E-state index contributed by atoms with van der Waals surface area (Å²) in [5, 5.41) is 3.04. The van der Waals surface area contributed by atoms with Crippen LogP contribution in [0.25, 0.3) is 6.08 Å². The first-order valence-electron chi connectivity index (χ1n) is 11.2. The van der Waals surface area contributed by atoms with E-state index in [9.17, 15) is 19.2 Å². The van der Waals surface area contributed by atoms with Crippen molar-refractivity contribution in [2.45, 2.75) is 13.5 Å². The third kappa shape index (κ3) is 6.07. The first kappa shape index (κ1) is 27.4. The summed E-state index contributed by atoms with van der Waals surface area (Å²) in [5.74, 6) is -1.63. The molecule has 0 bridgehead atoms. The van der Waals surface area contributed by atoms with Crippen molar-refractivity contribution >= 4 is 74.7 Å². The number of esters is 1. The molecule has 0 saturated carbocycles. The van der Waals surface area contributed by atoms with Crippen molar-refractivity contribution in [3.63, 3.8) is 0 Å². The zero-order valence-corrected chi connectivity index (χ0v) is 22.9. The van der Waals surface area contributed by atoms with Crippen LogP contribution in [0, 0.1) is 0 Å². The molecule has 4 amide bonds. The van der Waals surface area contributed by atoms with Gasteiger partial charge in [-0.15, -0.1) is 0 Å². The summed E-state index contributed by atoms with van der Waals surface area (Å²) in [4.78, 5) is 50.9. The molecule has 3 aromatic carbocycles. The van der Waals surface area contributed by atoms with E-state index in [0.29, 0.717) is 25.8 Å². The molecule has 1 aliphatic rings. The van der Waals surface area contributed by atoms with E-state index < -0.39 is 23.8 Å². The van der Waals surface area contributed by atoms with Crippen molar-refractivity contribution in [2.24, 2.45) is 0 Å². The summed E-state index contributed by atoms with van der Waals surface area (Å²) >= 11 is 15.4. The molecule has 1 fully saturated rings. The highest BCUT2D eigenvalue weighted by Crippen LogP contribution is 2.30. The molecule has 1 N–H and O–H groups in total. The number of benzene rings is 3. The van der Waals surface area contributed by atoms with Gasteiger partial charge in [0.25, 0.3) is 11.8 Å². The molecule has 194 valence electrons. The Kier molecular flexibility index (Phi) is 8.51. The minimum absolute atomic E-state index is 0.186. The van der Waals surface area contributed by atoms with Crippen LogP contribution in [-0.2, 0) is 20.9 Å². The van der Waals surface area contributed by atoms with Gasteiger partial charge in [-0.05, 0) is 88.6 Å². The highest BCUT2D eigenvalue weighted by molar-refractivity contribution is 9.10. The molecule has 0 atom stereocenters. The van der Waals surface area contributed by atoms with E-state index in [1.807, 2.05) is 0 Å². The normalized spacial score (nSPS) is 14.5. The largest absolute Gasteiger partial charge is 0.488 e. The van der Waals surface area contributed by atoms with Gasteiger partial charge in [0.15, 0.2) is 0 Å². The second kappa shape index (κ2) is 11.8. The van der Waals surface area contributed by atoms with Crippen LogP contribution >= 0.6 is 39.1 Å². The minimum atomic E-state index is -0.895. The minimum Gasteiger partial charge on any atom is -0.488 e. The Morgan fingerprint density at radius 1 is 1.00 bits per heavy atom. The average molecular weight is 618 g/mol. The predicted octanol–water partition coefficient (Wildman–Crippen LogP) is 6.18. The summed E-state index contributed by atoms with van der Waals surface area (Å²) < 4.78 is 11.4. The number of rotatable bonds is 7. The second-order valence-corrected chi connectivity index (χ2v) is 9.62. The lowest BCUT2D eigenvalue weighted by molar-refractivity contribution is -0.122. The lowest BCUT2D eigenvalue weighted by atomic mass is 10.1. The predicted molar refractivity (Wildman–Crippen MR) is 146 cm³/mol. The van der Waals surface area contributed by atoms with Crippen LogP contribution in [0.5, 0.6) is 5.75 Å². The summed E-state index contributed by atoms with van der Waals surface area (Å²) in [7, 11) is 0. The van der Waals surface area contributed by atoms with Crippen LogP contribution in [-0.4, -0.2) is 30.4 Å². The van der Waals surface area contributed by atoms with Gasteiger partial charge >= 0.3 is 12.0 Å². The number of ether oxygens (including phenoxy) is 2. The highest BCUT2D eigenvalue weighted by atomic mass is 79.9. The maximum absolute atomic E-state index is 13.2. The number of barbiturate groups is 1. The van der Waals surface area contributed by atoms with E-state index in [1.54, 1.807) is 43.3 Å². The van der Waals surface area contributed by atoms with Gasteiger partial charge in [0, 0.05) is 0 Å². The van der Waals surface area contributed by atoms with Gasteiger partial charge in [-0.3, -0.25) is 14.9 Å². The van der Waals surface area contributed by atoms with Crippen molar-refractivity contribution in [3.8, 4) is 5.75 Å². The number of halogens is 3. The van der Waals surface area contributed by atoms with Crippen molar-refractivity contribution in [1.29, 1.82) is 0 Å². The van der Waals surface area contributed by atoms with E-state index in [2.05, 4.69) is 21.2 Å². The molecule has 0 aliphatic carbocycles. The van der Waals surface area contributed by atoms with Gasteiger partial charge in [-0.25, -0.2) is 14.5 Å². The van der Waals surface area contributed by atoms with Gasteiger partial charge in [0.2, 0.25) is 0 Å². The van der Waals surface area contributed by atoms with Gasteiger partial charge < -0.3 is 9.47 Å². The van der Waals surface area contributed by atoms with Crippen LogP contribution in [0.3, 0.4) is 0 Å². The van der Waals surface area contributed by atoms with E-state index in [4.69, 9.17) is 32.7 Å². The Balaban J connectivity index is 1.53. The van der Waals surface area contributed by atoms with Gasteiger partial charge in [0.1, 0.15) is 17.9 Å². The first-order valence-corrected chi connectivity index (χ1v) is 12.8. The number of hydrogen-bond donors (Lipinski definition) is 1. The quantitative estimate of drug-likeness (QED) is 0.193. The zero-order chi connectivity index (χ0) is 27.4. The molecule has 1 aliphatic heterocycles. The Morgan fingerprint density at radius 3 is 2.39 bits per heavy atom. The van der Waals surface area contributed by atoms with Gasteiger partial charge in [0.05, 0.1) is 32.4 Å². The molecule has 1 saturated heterocycles. The molecule has 3 aromatic rings. The molecule has 0 unspecified atom stereocenters. The number of nitrogens with zero attached hydrogens (tertiary/aromatic N) is 1. The average Bonchev–Trinajstić information content (AvgIpc) is 2.88. The number of urea groups is 1. The molecule has 0 aromatic heterocycles. The second-order valence-electron chi connectivity index (χ2n) is 7.95. The molecule has 11 heteroatoms. The standard InChI is InChI=1S/C27H19BrCl2N2O6/c1-2-37-26(35)17-5-7-18(8-6-17)32-25(34)19(24(33)31-27(32)36)11-15-4-10-23(20(28)12-15)38-14-16-3-9-21(29)22(30)13-16/h3-13H,2,14H2,1H3,(H,31,33,36)/b19-11+. The van der Waals surface area contributed by atoms with Crippen LogP contribution in [0.2, 0.25) is 10.0 Å². The zero-order valence-electron chi connectivity index (χ0n) is 19.8. The third-order valence-electron chi connectivity index (χ3n) is 5.38. The van der Waals surface area contributed by atoms with Crippen molar-refractivity contribution in [1.82, 2.24) is 5.32 Å². The van der Waals surface area contributed by atoms with Gasteiger partial charge in [-0.2, -0.15) is 0 Å². The Morgan fingerprint density at radius 2 is 1.74 bits per heavy atom. The van der Waals surface area contributed by atoms with Crippen molar-refractivity contribution in [3.05, 3.63) is 97.4 Å². The third-order valence-corrected chi connectivity index (χ3v) is 6.74. The smallest absolute Gasteiger partial charge is 0.338 e. The monoisotopic (exact) mass is 616 g/mol. The molecule has 0 spiro atoms. The SMILES string of the molecule is CCOC(=O)c1ccc(N2C(=O)NC(=O)/C(=C\c3ccc(OCc4ccc(Cl)c(Cl)c4)c(Br)c3)C2=O)cc1. The maximum Gasteiger partial charge on any atom is 0.338 e. The lowest BCUT2D eigenvalue weighted by Crippen LogP contribution is -2.54. The number of hydrogen-bond acceptors (Lipinski definition) is 6. The Bertz CT molecular complexity index is 1470. The van der Waals surface area contributed by atoms with Crippen LogP contribution in [0.4, 0.5) is 10.5 Å². The van der Waals surface area contributed by atoms with Crippen LogP contribution in [0.15, 0.2) is 70.7 Å². The first-order chi connectivity index (χ1) is 18.2. The summed E-state index contributed by atoms with van der Waals surface area (Å²) in [6, 6.07) is 15.0. The molecule has 8 nitrogen and oxygen atoms in total. The summed E-state index contributed by atoms with van der Waals surface area (Å²) in [6.45, 7) is 2.14. The van der Waals surface area contributed by atoms with Gasteiger partial charge in [-0.1, -0.05) is 35.3 Å².